The summed E-state index contributed by atoms with van der Waals surface area (Å²) in [5.74, 6) is -0.386. The van der Waals surface area contributed by atoms with Crippen molar-refractivity contribution in [2.45, 2.75) is 25.8 Å². The molecule has 1 aromatic carbocycles. The molecule has 0 bridgehead atoms. The van der Waals surface area contributed by atoms with Crippen molar-refractivity contribution in [1.82, 2.24) is 15.1 Å². The minimum atomic E-state index is -0.297. The Bertz CT molecular complexity index is 605. The van der Waals surface area contributed by atoms with Crippen LogP contribution in [0.1, 0.15) is 30.1 Å². The number of carbonyl (C=O) groups is 1. The highest BCUT2D eigenvalue weighted by molar-refractivity contribution is 5.94. The Morgan fingerprint density at radius 1 is 1.19 bits per heavy atom. The number of nitrogens with zero attached hydrogens (tertiary/aromatic N) is 3. The second kappa shape index (κ2) is 11.1. The molecule has 5 nitrogen and oxygen atoms in total. The zero-order chi connectivity index (χ0) is 17.8. The van der Waals surface area contributed by atoms with Crippen molar-refractivity contribution < 1.29 is 9.18 Å². The highest BCUT2D eigenvalue weighted by Gasteiger charge is 2.24. The molecule has 2 aliphatic rings. The highest BCUT2D eigenvalue weighted by Crippen LogP contribution is 2.23. The monoisotopic (exact) mass is 420 g/mol. The second-order valence-electron chi connectivity index (χ2n) is 6.98. The van der Waals surface area contributed by atoms with E-state index in [4.69, 9.17) is 0 Å². The first-order chi connectivity index (χ1) is 12.1. The molecule has 8 heteroatoms. The summed E-state index contributed by atoms with van der Waals surface area (Å²) in [5, 5.41) is 3.30. The number of likely N-dealkylation sites (N-methyl/N-ethyl adjacent to an activating group) is 1. The third-order valence-corrected chi connectivity index (χ3v) is 5.53. The Morgan fingerprint density at radius 3 is 2.37 bits per heavy atom. The van der Waals surface area contributed by atoms with Crippen molar-refractivity contribution >= 4 is 36.4 Å². The molecule has 2 saturated heterocycles. The van der Waals surface area contributed by atoms with Gasteiger partial charge in [-0.25, -0.2) is 4.39 Å². The van der Waals surface area contributed by atoms with Gasteiger partial charge in [0.25, 0.3) is 5.91 Å². The van der Waals surface area contributed by atoms with E-state index in [0.29, 0.717) is 11.3 Å². The molecule has 1 N–H and O–H groups in total. The summed E-state index contributed by atoms with van der Waals surface area (Å²) in [6, 6.07) is 5.17. The molecule has 2 heterocycles. The molecule has 0 aliphatic carbocycles. The summed E-state index contributed by atoms with van der Waals surface area (Å²) in [5.41, 5.74) is 1.05. The molecule has 0 atom stereocenters. The van der Waals surface area contributed by atoms with Gasteiger partial charge >= 0.3 is 0 Å². The van der Waals surface area contributed by atoms with Gasteiger partial charge < -0.3 is 20.0 Å². The number of anilines is 1. The fraction of sp³-hybridized carbons (Fsp3) is 0.632. The molecule has 0 aromatic heterocycles. The zero-order valence-corrected chi connectivity index (χ0v) is 17.8. The average molecular weight is 421 g/mol. The Morgan fingerprint density at radius 2 is 1.81 bits per heavy atom. The van der Waals surface area contributed by atoms with Gasteiger partial charge in [0.1, 0.15) is 5.82 Å². The third-order valence-electron chi connectivity index (χ3n) is 5.53. The number of amides is 1. The van der Waals surface area contributed by atoms with E-state index in [2.05, 4.69) is 22.0 Å². The first kappa shape index (κ1) is 24.0. The number of piperidine rings is 1. The Kier molecular flexibility index (Phi) is 9.81. The topological polar surface area (TPSA) is 38.8 Å². The van der Waals surface area contributed by atoms with Crippen LogP contribution in [0.3, 0.4) is 0 Å². The van der Waals surface area contributed by atoms with Crippen LogP contribution >= 0.6 is 24.8 Å². The van der Waals surface area contributed by atoms with Gasteiger partial charge in [0.2, 0.25) is 0 Å². The lowest BCUT2D eigenvalue weighted by Crippen LogP contribution is -2.46. The first-order valence-electron chi connectivity index (χ1n) is 9.35. The number of piperazine rings is 1. The zero-order valence-electron chi connectivity index (χ0n) is 16.1. The van der Waals surface area contributed by atoms with Crippen LogP contribution in [-0.2, 0) is 0 Å². The largest absolute Gasteiger partial charge is 0.367 e. The van der Waals surface area contributed by atoms with Crippen molar-refractivity contribution in [3.8, 4) is 0 Å². The van der Waals surface area contributed by atoms with Gasteiger partial charge in [0, 0.05) is 44.8 Å². The van der Waals surface area contributed by atoms with Gasteiger partial charge in [-0.05, 0) is 50.7 Å². The summed E-state index contributed by atoms with van der Waals surface area (Å²) in [7, 11) is 1.83. The maximum Gasteiger partial charge on any atom is 0.253 e. The van der Waals surface area contributed by atoms with Crippen LogP contribution in [-0.4, -0.2) is 74.6 Å². The van der Waals surface area contributed by atoms with Crippen LogP contribution in [0, 0.1) is 5.82 Å². The lowest BCUT2D eigenvalue weighted by atomic mass is 10.0. The quantitative estimate of drug-likeness (QED) is 0.812. The summed E-state index contributed by atoms with van der Waals surface area (Å²) in [6.07, 6.45) is 1.90. The van der Waals surface area contributed by atoms with Crippen molar-refractivity contribution in [3.63, 3.8) is 0 Å². The minimum absolute atomic E-state index is 0. The maximum absolute atomic E-state index is 14.6. The molecule has 1 amide bonds. The fourth-order valence-corrected chi connectivity index (χ4v) is 3.76. The summed E-state index contributed by atoms with van der Waals surface area (Å²) in [6.45, 7) is 8.60. The summed E-state index contributed by atoms with van der Waals surface area (Å²) < 4.78 is 14.6. The third kappa shape index (κ3) is 5.70. The van der Waals surface area contributed by atoms with Crippen molar-refractivity contribution in [3.05, 3.63) is 29.6 Å². The standard InChI is InChI=1S/C19H29FN4O.2ClH/c1-3-23-10-12-24(13-11-23)18-5-4-15(14-17(18)20)19(25)22(2)16-6-8-21-9-7-16;;/h4-5,14,16,21H,3,6-13H2,1-2H3;2*1H. The van der Waals surface area contributed by atoms with E-state index in [1.165, 1.54) is 6.07 Å². The lowest BCUT2D eigenvalue weighted by Gasteiger charge is -2.35. The van der Waals surface area contributed by atoms with E-state index in [1.54, 1.807) is 17.0 Å². The van der Waals surface area contributed by atoms with Crippen molar-refractivity contribution in [2.75, 3.05) is 57.8 Å². The smallest absolute Gasteiger partial charge is 0.253 e. The summed E-state index contributed by atoms with van der Waals surface area (Å²) >= 11 is 0. The van der Waals surface area contributed by atoms with Gasteiger partial charge in [-0.2, -0.15) is 0 Å². The lowest BCUT2D eigenvalue weighted by molar-refractivity contribution is 0.0703. The van der Waals surface area contributed by atoms with Gasteiger partial charge in [0.05, 0.1) is 5.69 Å². The number of hydrogen-bond acceptors (Lipinski definition) is 4. The molecule has 154 valence electrons. The molecular weight excluding hydrogens is 390 g/mol. The SMILES string of the molecule is CCN1CCN(c2ccc(C(=O)N(C)C3CCNCC3)cc2F)CC1.Cl.Cl. The molecule has 27 heavy (non-hydrogen) atoms. The number of nitrogens with one attached hydrogen (secondary N) is 1. The van der Waals surface area contributed by atoms with Crippen molar-refractivity contribution in [1.29, 1.82) is 0 Å². The molecule has 2 aliphatic heterocycles. The van der Waals surface area contributed by atoms with Gasteiger partial charge in [-0.3, -0.25) is 4.79 Å². The molecule has 2 fully saturated rings. The fourth-order valence-electron chi connectivity index (χ4n) is 3.76. The van der Waals surface area contributed by atoms with E-state index in [1.807, 2.05) is 7.05 Å². The molecule has 1 aromatic rings. The first-order valence-corrected chi connectivity index (χ1v) is 9.35. The van der Waals surface area contributed by atoms with Gasteiger partial charge in [-0.1, -0.05) is 6.92 Å². The van der Waals surface area contributed by atoms with Gasteiger partial charge in [0.15, 0.2) is 0 Å². The van der Waals surface area contributed by atoms with E-state index in [9.17, 15) is 9.18 Å². The average Bonchev–Trinajstić information content (AvgIpc) is 2.67. The van der Waals surface area contributed by atoms with Crippen LogP contribution in [0.5, 0.6) is 0 Å². The molecule has 0 saturated carbocycles. The predicted octanol–water partition coefficient (Wildman–Crippen LogP) is 2.64. The predicted molar refractivity (Wildman–Crippen MR) is 113 cm³/mol. The van der Waals surface area contributed by atoms with E-state index in [-0.39, 0.29) is 42.6 Å². The molecule has 0 radical (unpaired) electrons. The Labute approximate surface area is 174 Å². The Balaban J connectivity index is 0.00000182. The summed E-state index contributed by atoms with van der Waals surface area (Å²) in [4.78, 5) is 18.9. The number of halogens is 3. The second-order valence-corrected chi connectivity index (χ2v) is 6.98. The Hall–Kier alpha value is -1.08. The number of carbonyl (C=O) groups excluding carboxylic acids is 1. The van der Waals surface area contributed by atoms with E-state index in [0.717, 1.165) is 58.7 Å². The van der Waals surface area contributed by atoms with Crippen LogP contribution in [0.15, 0.2) is 18.2 Å². The highest BCUT2D eigenvalue weighted by atomic mass is 35.5. The molecular formula is C19H31Cl2FN4O. The van der Waals surface area contributed by atoms with Crippen LogP contribution in [0.25, 0.3) is 0 Å². The molecule has 3 rings (SSSR count). The molecule has 0 unspecified atom stereocenters. The normalized spacial score (nSPS) is 18.4. The maximum atomic E-state index is 14.6. The van der Waals surface area contributed by atoms with E-state index < -0.39 is 0 Å². The number of hydrogen-bond donors (Lipinski definition) is 1. The van der Waals surface area contributed by atoms with Crippen LogP contribution < -0.4 is 10.2 Å². The molecule has 0 spiro atoms. The van der Waals surface area contributed by atoms with Crippen LogP contribution in [0.4, 0.5) is 10.1 Å². The minimum Gasteiger partial charge on any atom is -0.367 e. The van der Waals surface area contributed by atoms with Crippen molar-refractivity contribution in [2.24, 2.45) is 0 Å². The van der Waals surface area contributed by atoms with Gasteiger partial charge in [-0.15, -0.1) is 24.8 Å². The number of rotatable bonds is 4. The van der Waals surface area contributed by atoms with Crippen LogP contribution in [0.2, 0.25) is 0 Å². The number of benzene rings is 1. The van der Waals surface area contributed by atoms with E-state index >= 15 is 0 Å².